The molecule has 0 N–H and O–H groups in total. The zero-order valence-corrected chi connectivity index (χ0v) is 4.24. The van der Waals surface area contributed by atoms with E-state index in [0.717, 1.165) is 5.12 Å². The van der Waals surface area contributed by atoms with Crippen LogP contribution in [-0.4, -0.2) is 18.2 Å². The van der Waals surface area contributed by atoms with Crippen LogP contribution in [0.1, 0.15) is 13.8 Å². The van der Waals surface area contributed by atoms with Gasteiger partial charge in [-0.15, -0.1) is 9.60 Å². The highest BCUT2D eigenvalue weighted by molar-refractivity contribution is 4.27. The molecule has 0 heterocycles. The first kappa shape index (κ1) is 5.89. The lowest BCUT2D eigenvalue weighted by atomic mass is 10.7. The Hall–Kier alpha value is -0.110. The number of halogens is 1. The minimum Gasteiger partial charge on any atom is -0.147 e. The van der Waals surface area contributed by atoms with Gasteiger partial charge in [-0.05, 0) is 13.8 Å². The lowest BCUT2D eigenvalue weighted by molar-refractivity contribution is 0.0389. The normalized spacial score (nSPS) is 10.0. The minimum absolute atomic E-state index is 0.497. The highest BCUT2D eigenvalue weighted by Crippen LogP contribution is 1.81. The summed E-state index contributed by atoms with van der Waals surface area (Å²) in [6.07, 6.45) is 0. The summed E-state index contributed by atoms with van der Waals surface area (Å²) in [6.45, 7) is 4.56. The number of hydrogen-bond donors (Lipinski definition) is 0. The van der Waals surface area contributed by atoms with Crippen LogP contribution in [0, 0.1) is 0 Å². The van der Waals surface area contributed by atoms with E-state index in [9.17, 15) is 4.48 Å². The van der Waals surface area contributed by atoms with Crippen LogP contribution in [0.2, 0.25) is 0 Å². The highest BCUT2D eigenvalue weighted by Gasteiger charge is 1.87. The minimum atomic E-state index is 0.497. The summed E-state index contributed by atoms with van der Waals surface area (Å²) in [6, 6.07) is 0. The second-order valence-corrected chi connectivity index (χ2v) is 1.10. The zero-order chi connectivity index (χ0) is 4.99. The van der Waals surface area contributed by atoms with Crippen molar-refractivity contribution in [3.05, 3.63) is 0 Å². The standard InChI is InChI=1S/C4H10FN/c1-3-6(5)4-2/h3-4H2,1-2H3. The smallest absolute Gasteiger partial charge is 0.0261 e. The zero-order valence-electron chi connectivity index (χ0n) is 4.24. The fourth-order valence-corrected chi connectivity index (χ4v) is 0.224. The van der Waals surface area contributed by atoms with E-state index < -0.39 is 0 Å². The van der Waals surface area contributed by atoms with Gasteiger partial charge >= 0.3 is 0 Å². The van der Waals surface area contributed by atoms with Gasteiger partial charge < -0.3 is 0 Å². The van der Waals surface area contributed by atoms with Crippen molar-refractivity contribution >= 4 is 0 Å². The van der Waals surface area contributed by atoms with Gasteiger partial charge in [-0.1, -0.05) is 0 Å². The number of rotatable bonds is 2. The third kappa shape index (κ3) is 2.15. The summed E-state index contributed by atoms with van der Waals surface area (Å²) in [5.74, 6) is 0. The Morgan fingerprint density at radius 3 is 1.67 bits per heavy atom. The fourth-order valence-electron chi connectivity index (χ4n) is 0.224. The van der Waals surface area contributed by atoms with Gasteiger partial charge in [0, 0.05) is 13.1 Å². The Labute approximate surface area is 37.7 Å². The maximum Gasteiger partial charge on any atom is 0.0261 e. The summed E-state index contributed by atoms with van der Waals surface area (Å²) in [5, 5.41) is 0.750. The molecule has 0 saturated heterocycles. The van der Waals surface area contributed by atoms with Crippen LogP contribution < -0.4 is 0 Å². The largest absolute Gasteiger partial charge is 0.147 e. The first-order valence-electron chi connectivity index (χ1n) is 2.22. The Bertz CT molecular complexity index is 26.7. The van der Waals surface area contributed by atoms with E-state index in [1.54, 1.807) is 13.8 Å². The molecule has 0 amide bonds. The molecule has 0 aromatic carbocycles. The molecule has 0 bridgehead atoms. The van der Waals surface area contributed by atoms with Gasteiger partial charge in [0.15, 0.2) is 0 Å². The molecule has 0 rings (SSSR count). The molecule has 38 valence electrons. The second-order valence-electron chi connectivity index (χ2n) is 1.10. The van der Waals surface area contributed by atoms with Crippen molar-refractivity contribution in [2.24, 2.45) is 0 Å². The van der Waals surface area contributed by atoms with Crippen molar-refractivity contribution in [1.82, 2.24) is 5.12 Å². The first-order valence-corrected chi connectivity index (χ1v) is 2.22. The van der Waals surface area contributed by atoms with Crippen molar-refractivity contribution < 1.29 is 4.48 Å². The molecule has 0 saturated carbocycles. The maximum absolute atomic E-state index is 11.7. The van der Waals surface area contributed by atoms with Crippen molar-refractivity contribution in [1.29, 1.82) is 0 Å². The van der Waals surface area contributed by atoms with E-state index in [4.69, 9.17) is 0 Å². The van der Waals surface area contributed by atoms with Crippen LogP contribution >= 0.6 is 0 Å². The van der Waals surface area contributed by atoms with Gasteiger partial charge in [0.05, 0.1) is 0 Å². The summed E-state index contributed by atoms with van der Waals surface area (Å²) in [4.78, 5) is 0. The van der Waals surface area contributed by atoms with Gasteiger partial charge in [-0.2, -0.15) is 0 Å². The molecule has 0 radical (unpaired) electrons. The molecule has 0 aliphatic heterocycles. The molecule has 0 spiro atoms. The van der Waals surface area contributed by atoms with Crippen LogP contribution in [0.25, 0.3) is 0 Å². The molecule has 0 aromatic rings. The molecule has 0 aliphatic carbocycles. The molecular formula is C4H10FN. The van der Waals surface area contributed by atoms with Gasteiger partial charge in [0.25, 0.3) is 0 Å². The number of hydrogen-bond acceptors (Lipinski definition) is 1. The molecule has 0 fully saturated rings. The first-order chi connectivity index (χ1) is 2.81. The molecule has 0 atom stereocenters. The molecule has 2 heteroatoms. The monoisotopic (exact) mass is 91.1 g/mol. The Morgan fingerprint density at radius 1 is 1.33 bits per heavy atom. The van der Waals surface area contributed by atoms with E-state index in [1.807, 2.05) is 0 Å². The molecule has 6 heavy (non-hydrogen) atoms. The SMILES string of the molecule is CCN(F)CC. The van der Waals surface area contributed by atoms with Crippen LogP contribution in [0.3, 0.4) is 0 Å². The van der Waals surface area contributed by atoms with Gasteiger partial charge in [0.2, 0.25) is 0 Å². The maximum atomic E-state index is 11.7. The molecule has 0 aromatic heterocycles. The van der Waals surface area contributed by atoms with E-state index in [0.29, 0.717) is 13.1 Å². The van der Waals surface area contributed by atoms with E-state index in [1.165, 1.54) is 0 Å². The lowest BCUT2D eigenvalue weighted by Crippen LogP contribution is -2.10. The Morgan fingerprint density at radius 2 is 1.67 bits per heavy atom. The molecule has 0 aliphatic rings. The summed E-state index contributed by atoms with van der Waals surface area (Å²) < 4.78 is 11.7. The second kappa shape index (κ2) is 3.09. The Balaban J connectivity index is 2.75. The van der Waals surface area contributed by atoms with Gasteiger partial charge in [-0.25, -0.2) is 0 Å². The fraction of sp³-hybridized carbons (Fsp3) is 1.00. The van der Waals surface area contributed by atoms with Gasteiger partial charge in [-0.3, -0.25) is 0 Å². The average molecular weight is 91.1 g/mol. The van der Waals surface area contributed by atoms with Crippen LogP contribution in [0.15, 0.2) is 0 Å². The van der Waals surface area contributed by atoms with Crippen LogP contribution in [0.5, 0.6) is 0 Å². The van der Waals surface area contributed by atoms with E-state index >= 15 is 0 Å². The van der Waals surface area contributed by atoms with Crippen LogP contribution in [-0.2, 0) is 0 Å². The number of nitrogens with zero attached hydrogens (tertiary/aromatic N) is 1. The molecule has 0 unspecified atom stereocenters. The Kier molecular flexibility index (Phi) is 3.04. The van der Waals surface area contributed by atoms with Crippen LogP contribution in [0.4, 0.5) is 4.48 Å². The predicted octanol–water partition coefficient (Wildman–Crippen LogP) is 1.21. The third-order valence-corrected chi connectivity index (χ3v) is 0.686. The lowest BCUT2D eigenvalue weighted by Gasteiger charge is -2.00. The van der Waals surface area contributed by atoms with E-state index in [-0.39, 0.29) is 0 Å². The third-order valence-electron chi connectivity index (χ3n) is 0.686. The van der Waals surface area contributed by atoms with Crippen molar-refractivity contribution in [2.45, 2.75) is 13.8 Å². The van der Waals surface area contributed by atoms with Crippen molar-refractivity contribution in [2.75, 3.05) is 13.1 Å². The molecular weight excluding hydrogens is 81.0 g/mol. The summed E-state index contributed by atoms with van der Waals surface area (Å²) in [5.41, 5.74) is 0. The van der Waals surface area contributed by atoms with E-state index in [2.05, 4.69) is 0 Å². The van der Waals surface area contributed by atoms with Gasteiger partial charge in [0.1, 0.15) is 0 Å². The van der Waals surface area contributed by atoms with Crippen molar-refractivity contribution in [3.63, 3.8) is 0 Å². The average Bonchev–Trinajstić information content (AvgIpc) is 1.65. The highest BCUT2D eigenvalue weighted by atomic mass is 19.2. The quantitative estimate of drug-likeness (QED) is 0.462. The summed E-state index contributed by atoms with van der Waals surface area (Å²) >= 11 is 0. The predicted molar refractivity (Wildman–Crippen MR) is 24.0 cm³/mol. The van der Waals surface area contributed by atoms with Crippen molar-refractivity contribution in [3.8, 4) is 0 Å². The topological polar surface area (TPSA) is 3.24 Å². The molecule has 1 nitrogen and oxygen atoms in total. The summed E-state index contributed by atoms with van der Waals surface area (Å²) in [7, 11) is 0.